The van der Waals surface area contributed by atoms with E-state index in [1.165, 1.54) is 0 Å². The predicted octanol–water partition coefficient (Wildman–Crippen LogP) is 3.84. The fraction of sp³-hybridized carbons (Fsp3) is 0.348. The number of halogens is 1. The molecular weight excluding hydrogens is 472 g/mol. The van der Waals surface area contributed by atoms with Gasteiger partial charge in [-0.25, -0.2) is 9.97 Å². The number of aryl methyl sites for hydroxylation is 3. The number of piperidine rings is 1. The van der Waals surface area contributed by atoms with E-state index in [1.807, 2.05) is 62.1 Å². The van der Waals surface area contributed by atoms with Gasteiger partial charge in [0.25, 0.3) is 11.9 Å². The molecule has 8 nitrogen and oxygen atoms in total. The molecule has 3 aromatic rings. The molecule has 2 amide bonds. The number of anilines is 1. The van der Waals surface area contributed by atoms with Gasteiger partial charge in [-0.3, -0.25) is 9.59 Å². The summed E-state index contributed by atoms with van der Waals surface area (Å²) >= 11 is 3.39. The minimum Gasteiger partial charge on any atom is -0.339 e. The fourth-order valence-electron chi connectivity index (χ4n) is 3.89. The molecule has 1 saturated heterocycles. The Labute approximate surface area is 195 Å². The first kappa shape index (κ1) is 22.1. The van der Waals surface area contributed by atoms with Crippen LogP contribution in [0.4, 0.5) is 5.82 Å². The van der Waals surface area contributed by atoms with Crippen LogP contribution in [0, 0.1) is 26.7 Å². The van der Waals surface area contributed by atoms with E-state index in [1.54, 1.807) is 4.68 Å². The second-order valence-electron chi connectivity index (χ2n) is 8.10. The quantitative estimate of drug-likeness (QED) is 0.592. The molecule has 0 bridgehead atoms. The zero-order valence-corrected chi connectivity index (χ0v) is 19.9. The van der Waals surface area contributed by atoms with Crippen molar-refractivity contribution in [3.8, 4) is 5.95 Å². The van der Waals surface area contributed by atoms with E-state index in [2.05, 4.69) is 36.3 Å². The maximum absolute atomic E-state index is 13.0. The van der Waals surface area contributed by atoms with Gasteiger partial charge in [0.1, 0.15) is 5.82 Å². The van der Waals surface area contributed by atoms with E-state index < -0.39 is 0 Å². The molecule has 3 heterocycles. The lowest BCUT2D eigenvalue weighted by molar-refractivity contribution is -0.121. The van der Waals surface area contributed by atoms with Crippen molar-refractivity contribution < 1.29 is 9.59 Å². The summed E-state index contributed by atoms with van der Waals surface area (Å²) in [7, 11) is 0. The molecule has 9 heteroatoms. The Morgan fingerprint density at radius 3 is 2.22 bits per heavy atom. The Balaban J connectivity index is 1.42. The molecule has 2 aromatic heterocycles. The van der Waals surface area contributed by atoms with Crippen LogP contribution in [-0.4, -0.2) is 49.6 Å². The Morgan fingerprint density at radius 1 is 0.969 bits per heavy atom. The Hall–Kier alpha value is -3.07. The van der Waals surface area contributed by atoms with Gasteiger partial charge >= 0.3 is 0 Å². The number of aromatic nitrogens is 4. The number of carbonyl (C=O) groups is 2. The summed E-state index contributed by atoms with van der Waals surface area (Å²) in [5.41, 5.74) is 3.09. The van der Waals surface area contributed by atoms with E-state index in [9.17, 15) is 9.59 Å². The Kier molecular flexibility index (Phi) is 6.36. The zero-order chi connectivity index (χ0) is 22.8. The molecule has 0 radical (unpaired) electrons. The molecule has 32 heavy (non-hydrogen) atoms. The number of hydrogen-bond acceptors (Lipinski definition) is 5. The minimum atomic E-state index is -0.173. The normalized spacial score (nSPS) is 14.4. The third-order valence-corrected chi connectivity index (χ3v) is 6.02. The lowest BCUT2D eigenvalue weighted by Gasteiger charge is -2.31. The zero-order valence-electron chi connectivity index (χ0n) is 18.3. The molecule has 1 fully saturated rings. The highest BCUT2D eigenvalue weighted by molar-refractivity contribution is 9.10. The molecule has 1 N–H and O–H groups in total. The van der Waals surface area contributed by atoms with Crippen LogP contribution in [0.2, 0.25) is 0 Å². The number of carbonyl (C=O) groups excluding carboxylic acids is 2. The number of nitrogens with zero attached hydrogens (tertiary/aromatic N) is 5. The van der Waals surface area contributed by atoms with Crippen molar-refractivity contribution in [3.05, 3.63) is 63.5 Å². The fourth-order valence-corrected chi connectivity index (χ4v) is 4.16. The molecule has 4 rings (SSSR count). The van der Waals surface area contributed by atoms with E-state index in [0.29, 0.717) is 43.3 Å². The van der Waals surface area contributed by atoms with Gasteiger partial charge in [0.05, 0.1) is 5.69 Å². The standard InChI is InChI=1S/C23H25BrN6O2/c1-14-12-15(2)26-23(25-14)30-20(13-16(3)28-30)27-21(31)17-8-10-29(11-9-17)22(32)18-4-6-19(24)7-5-18/h4-7,12-13,17H,8-11H2,1-3H3,(H,27,31). The smallest absolute Gasteiger partial charge is 0.253 e. The lowest BCUT2D eigenvalue weighted by atomic mass is 9.95. The maximum Gasteiger partial charge on any atom is 0.253 e. The number of benzene rings is 1. The van der Waals surface area contributed by atoms with E-state index in [4.69, 9.17) is 0 Å². The summed E-state index contributed by atoms with van der Waals surface area (Å²) in [5.74, 6) is 0.725. The van der Waals surface area contributed by atoms with Gasteiger partial charge < -0.3 is 10.2 Å². The highest BCUT2D eigenvalue weighted by Crippen LogP contribution is 2.23. The third kappa shape index (κ3) is 4.88. The largest absolute Gasteiger partial charge is 0.339 e. The van der Waals surface area contributed by atoms with Crippen molar-refractivity contribution >= 4 is 33.6 Å². The topological polar surface area (TPSA) is 93.0 Å². The second kappa shape index (κ2) is 9.20. The van der Waals surface area contributed by atoms with Gasteiger partial charge in [0.2, 0.25) is 5.91 Å². The molecule has 0 unspecified atom stereocenters. The van der Waals surface area contributed by atoms with Gasteiger partial charge in [-0.2, -0.15) is 9.78 Å². The van der Waals surface area contributed by atoms with Gasteiger partial charge in [-0.1, -0.05) is 15.9 Å². The number of amides is 2. The molecule has 0 spiro atoms. The SMILES string of the molecule is Cc1cc(C)nc(-n2nc(C)cc2NC(=O)C2CCN(C(=O)c3ccc(Br)cc3)CC2)n1. The summed E-state index contributed by atoms with van der Waals surface area (Å²) < 4.78 is 2.50. The van der Waals surface area contributed by atoms with Crippen molar-refractivity contribution in [2.24, 2.45) is 5.92 Å². The van der Waals surface area contributed by atoms with Crippen LogP contribution in [0.15, 0.2) is 40.9 Å². The third-order valence-electron chi connectivity index (χ3n) is 5.49. The first-order chi connectivity index (χ1) is 15.3. The molecule has 0 aliphatic carbocycles. The van der Waals surface area contributed by atoms with Crippen LogP contribution >= 0.6 is 15.9 Å². The van der Waals surface area contributed by atoms with Crippen LogP contribution in [-0.2, 0) is 4.79 Å². The maximum atomic E-state index is 13.0. The summed E-state index contributed by atoms with van der Waals surface area (Å²) in [5, 5.41) is 7.45. The summed E-state index contributed by atoms with van der Waals surface area (Å²) in [6.07, 6.45) is 1.22. The van der Waals surface area contributed by atoms with Gasteiger partial charge in [0, 0.05) is 46.5 Å². The van der Waals surface area contributed by atoms with Gasteiger partial charge in [-0.15, -0.1) is 0 Å². The lowest BCUT2D eigenvalue weighted by Crippen LogP contribution is -2.41. The van der Waals surface area contributed by atoms with Crippen molar-refractivity contribution in [1.29, 1.82) is 0 Å². The second-order valence-corrected chi connectivity index (χ2v) is 9.01. The van der Waals surface area contributed by atoms with Crippen LogP contribution < -0.4 is 5.32 Å². The van der Waals surface area contributed by atoms with Crippen molar-refractivity contribution in [3.63, 3.8) is 0 Å². The molecule has 1 aromatic carbocycles. The number of likely N-dealkylation sites (tertiary alicyclic amines) is 1. The van der Waals surface area contributed by atoms with Crippen LogP contribution in [0.1, 0.15) is 40.3 Å². The molecule has 1 aliphatic rings. The van der Waals surface area contributed by atoms with Crippen molar-refractivity contribution in [2.75, 3.05) is 18.4 Å². The van der Waals surface area contributed by atoms with E-state index >= 15 is 0 Å². The molecule has 166 valence electrons. The minimum absolute atomic E-state index is 0.00275. The van der Waals surface area contributed by atoms with Gasteiger partial charge in [0.15, 0.2) is 0 Å². The first-order valence-electron chi connectivity index (χ1n) is 10.5. The van der Waals surface area contributed by atoms with Crippen LogP contribution in [0.3, 0.4) is 0 Å². The molecule has 0 atom stereocenters. The Bertz CT molecular complexity index is 1130. The predicted molar refractivity (Wildman–Crippen MR) is 125 cm³/mol. The highest BCUT2D eigenvalue weighted by atomic mass is 79.9. The number of hydrogen-bond donors (Lipinski definition) is 1. The average molecular weight is 497 g/mol. The van der Waals surface area contributed by atoms with Crippen molar-refractivity contribution in [1.82, 2.24) is 24.6 Å². The molecule has 1 aliphatic heterocycles. The number of rotatable bonds is 4. The summed E-state index contributed by atoms with van der Waals surface area (Å²) in [6, 6.07) is 11.0. The summed E-state index contributed by atoms with van der Waals surface area (Å²) in [6.45, 7) is 6.75. The van der Waals surface area contributed by atoms with Crippen molar-refractivity contribution in [2.45, 2.75) is 33.6 Å². The number of nitrogens with one attached hydrogen (secondary N) is 1. The molecule has 0 saturated carbocycles. The molecular formula is C23H25BrN6O2. The average Bonchev–Trinajstić information content (AvgIpc) is 3.13. The monoisotopic (exact) mass is 496 g/mol. The van der Waals surface area contributed by atoms with Gasteiger partial charge in [-0.05, 0) is 63.9 Å². The van der Waals surface area contributed by atoms with E-state index in [-0.39, 0.29) is 17.7 Å². The van der Waals surface area contributed by atoms with Crippen LogP contribution in [0.25, 0.3) is 5.95 Å². The highest BCUT2D eigenvalue weighted by Gasteiger charge is 2.28. The summed E-state index contributed by atoms with van der Waals surface area (Å²) in [4.78, 5) is 36.4. The Morgan fingerprint density at radius 2 is 1.59 bits per heavy atom. The van der Waals surface area contributed by atoms with Crippen LogP contribution in [0.5, 0.6) is 0 Å². The van der Waals surface area contributed by atoms with E-state index in [0.717, 1.165) is 21.6 Å². The first-order valence-corrected chi connectivity index (χ1v) is 11.3.